The first kappa shape index (κ1) is 18.0. The summed E-state index contributed by atoms with van der Waals surface area (Å²) in [5, 5.41) is 8.23. The third-order valence-electron chi connectivity index (χ3n) is 5.35. The number of piperidine rings is 3. The Morgan fingerprint density at radius 1 is 1.07 bits per heavy atom. The Kier molecular flexibility index (Phi) is 4.67. The van der Waals surface area contributed by atoms with Gasteiger partial charge >= 0.3 is 6.36 Å². The van der Waals surface area contributed by atoms with Crippen LogP contribution in [0.3, 0.4) is 0 Å². The lowest BCUT2D eigenvalue weighted by atomic mass is 9.81. The number of ether oxygens (including phenoxy) is 2. The van der Waals surface area contributed by atoms with Crippen molar-refractivity contribution in [1.82, 2.24) is 15.1 Å². The number of rotatable bonds is 4. The Hall–Kier alpha value is -2.35. The molecule has 0 amide bonds. The molecule has 8 heteroatoms. The lowest BCUT2D eigenvalue weighted by molar-refractivity contribution is -0.274. The van der Waals surface area contributed by atoms with Gasteiger partial charge in [0, 0.05) is 17.7 Å². The van der Waals surface area contributed by atoms with E-state index in [0.717, 1.165) is 25.9 Å². The minimum Gasteiger partial charge on any atom is -0.471 e. The second kappa shape index (κ2) is 6.99. The van der Waals surface area contributed by atoms with Crippen LogP contribution in [0.4, 0.5) is 13.2 Å². The van der Waals surface area contributed by atoms with Gasteiger partial charge < -0.3 is 9.47 Å². The zero-order valence-electron chi connectivity index (χ0n) is 14.8. The summed E-state index contributed by atoms with van der Waals surface area (Å²) in [5.74, 6) is 0.679. The molecule has 0 saturated carbocycles. The molecule has 2 unspecified atom stereocenters. The number of alkyl halides is 3. The Morgan fingerprint density at radius 2 is 1.85 bits per heavy atom. The second-order valence-corrected chi connectivity index (χ2v) is 7.03. The first-order valence-electron chi connectivity index (χ1n) is 9.00. The van der Waals surface area contributed by atoms with Crippen molar-refractivity contribution >= 4 is 0 Å². The summed E-state index contributed by atoms with van der Waals surface area (Å²) in [6, 6.07) is 9.42. The summed E-state index contributed by atoms with van der Waals surface area (Å²) in [5.41, 5.74) is 0.948. The molecule has 2 aromatic rings. The molecule has 1 aromatic heterocycles. The summed E-state index contributed by atoms with van der Waals surface area (Å²) in [4.78, 5) is 2.43. The summed E-state index contributed by atoms with van der Waals surface area (Å²) >= 11 is 0. The maximum absolute atomic E-state index is 12.4. The predicted molar refractivity (Wildman–Crippen MR) is 92.3 cm³/mol. The van der Waals surface area contributed by atoms with E-state index in [1.54, 1.807) is 18.2 Å². The first-order valence-corrected chi connectivity index (χ1v) is 9.00. The van der Waals surface area contributed by atoms with Gasteiger partial charge in [0.15, 0.2) is 0 Å². The molecule has 5 rings (SSSR count). The third kappa shape index (κ3) is 4.00. The molecule has 0 N–H and O–H groups in total. The number of benzene rings is 1. The van der Waals surface area contributed by atoms with Crippen molar-refractivity contribution in [1.29, 1.82) is 0 Å². The topological polar surface area (TPSA) is 47.5 Å². The molecule has 5 nitrogen and oxygen atoms in total. The van der Waals surface area contributed by atoms with Crippen molar-refractivity contribution < 1.29 is 22.6 Å². The average Bonchev–Trinajstić information content (AvgIpc) is 2.64. The largest absolute Gasteiger partial charge is 0.573 e. The summed E-state index contributed by atoms with van der Waals surface area (Å²) in [7, 11) is 0. The van der Waals surface area contributed by atoms with Crippen LogP contribution in [0.2, 0.25) is 0 Å². The van der Waals surface area contributed by atoms with Gasteiger partial charge in [-0.3, -0.25) is 4.90 Å². The summed E-state index contributed by atoms with van der Waals surface area (Å²) in [6.45, 7) is 4.41. The lowest BCUT2D eigenvalue weighted by Crippen LogP contribution is -2.58. The maximum atomic E-state index is 12.4. The molecular weight excluding hydrogens is 359 g/mol. The van der Waals surface area contributed by atoms with Crippen LogP contribution in [0.15, 0.2) is 36.4 Å². The van der Waals surface area contributed by atoms with Crippen molar-refractivity contribution in [3.05, 3.63) is 36.4 Å². The van der Waals surface area contributed by atoms with E-state index in [1.807, 2.05) is 0 Å². The minimum absolute atomic E-state index is 0.0937. The van der Waals surface area contributed by atoms with Gasteiger partial charge in [0.05, 0.1) is 5.69 Å². The zero-order chi connectivity index (χ0) is 19.0. The highest BCUT2D eigenvalue weighted by molar-refractivity contribution is 5.60. The van der Waals surface area contributed by atoms with Gasteiger partial charge in [0.25, 0.3) is 0 Å². The van der Waals surface area contributed by atoms with E-state index in [1.165, 1.54) is 18.2 Å². The Labute approximate surface area is 155 Å². The van der Waals surface area contributed by atoms with Crippen LogP contribution >= 0.6 is 0 Å². The molecule has 2 bridgehead atoms. The molecule has 1 aromatic carbocycles. The number of nitrogens with zero attached hydrogens (tertiary/aromatic N) is 3. The van der Waals surface area contributed by atoms with E-state index in [-0.39, 0.29) is 11.9 Å². The maximum Gasteiger partial charge on any atom is 0.573 e. The molecule has 3 aliphatic rings. The Balaban J connectivity index is 1.47. The van der Waals surface area contributed by atoms with E-state index in [9.17, 15) is 13.2 Å². The molecule has 27 heavy (non-hydrogen) atoms. The number of halogens is 3. The second-order valence-electron chi connectivity index (χ2n) is 7.03. The highest BCUT2D eigenvalue weighted by atomic mass is 19.4. The zero-order valence-corrected chi connectivity index (χ0v) is 14.8. The number of fused-ring (bicyclic) bond motifs is 3. The minimum atomic E-state index is -4.73. The molecule has 144 valence electrons. The normalized spacial score (nSPS) is 27.4. The first-order chi connectivity index (χ1) is 12.9. The number of aromatic nitrogens is 2. The quantitative estimate of drug-likeness (QED) is 0.806. The van der Waals surface area contributed by atoms with Gasteiger partial charge in [-0.15, -0.1) is 23.4 Å². The van der Waals surface area contributed by atoms with Crippen molar-refractivity contribution in [3.63, 3.8) is 0 Å². The molecular formula is C19H20F3N3O2. The van der Waals surface area contributed by atoms with Gasteiger partial charge in [-0.2, -0.15) is 0 Å². The lowest BCUT2D eigenvalue weighted by Gasteiger charge is -2.48. The highest BCUT2D eigenvalue weighted by Crippen LogP contribution is 2.34. The van der Waals surface area contributed by atoms with Gasteiger partial charge in [0.1, 0.15) is 11.9 Å². The average molecular weight is 379 g/mol. The fourth-order valence-electron chi connectivity index (χ4n) is 3.98. The predicted octanol–water partition coefficient (Wildman–Crippen LogP) is 3.90. The highest BCUT2D eigenvalue weighted by Gasteiger charge is 2.41. The fourth-order valence-corrected chi connectivity index (χ4v) is 3.98. The van der Waals surface area contributed by atoms with Crippen LogP contribution in [0.25, 0.3) is 11.3 Å². The van der Waals surface area contributed by atoms with E-state index >= 15 is 0 Å². The van der Waals surface area contributed by atoms with Crippen LogP contribution in [0.5, 0.6) is 11.6 Å². The molecule has 3 aliphatic heterocycles. The standard InChI is InChI=1S/C19H20F3N3O2/c1-12-18(13-7-9-25(12)10-8-13)26-17-6-5-16(23-24-17)14-3-2-4-15(11-14)27-19(20,21)22/h2-6,11-13,18H,7-10H2,1H3. The molecule has 4 heterocycles. The fraction of sp³-hybridized carbons (Fsp3) is 0.474. The van der Waals surface area contributed by atoms with Crippen molar-refractivity contribution in [2.45, 2.75) is 38.3 Å². The van der Waals surface area contributed by atoms with Crippen LogP contribution in [0, 0.1) is 5.92 Å². The van der Waals surface area contributed by atoms with Gasteiger partial charge in [-0.1, -0.05) is 12.1 Å². The molecule has 0 radical (unpaired) electrons. The Morgan fingerprint density at radius 3 is 2.48 bits per heavy atom. The summed E-state index contributed by atoms with van der Waals surface area (Å²) < 4.78 is 47.2. The third-order valence-corrected chi connectivity index (χ3v) is 5.35. The Bertz CT molecular complexity index is 788. The van der Waals surface area contributed by atoms with Gasteiger partial charge in [-0.05, 0) is 57.0 Å². The molecule has 0 aliphatic carbocycles. The van der Waals surface area contributed by atoms with Gasteiger partial charge in [0.2, 0.25) is 5.88 Å². The number of hydrogen-bond acceptors (Lipinski definition) is 5. The van der Waals surface area contributed by atoms with Crippen LogP contribution < -0.4 is 9.47 Å². The van der Waals surface area contributed by atoms with E-state index < -0.39 is 6.36 Å². The molecule has 2 atom stereocenters. The van der Waals surface area contributed by atoms with E-state index in [2.05, 4.69) is 26.8 Å². The van der Waals surface area contributed by atoms with Crippen molar-refractivity contribution in [2.24, 2.45) is 5.92 Å². The van der Waals surface area contributed by atoms with Crippen molar-refractivity contribution in [2.75, 3.05) is 13.1 Å². The van der Waals surface area contributed by atoms with Gasteiger partial charge in [-0.25, -0.2) is 0 Å². The number of hydrogen-bond donors (Lipinski definition) is 0. The van der Waals surface area contributed by atoms with Crippen molar-refractivity contribution in [3.8, 4) is 22.9 Å². The van der Waals surface area contributed by atoms with Crippen LogP contribution in [-0.4, -0.2) is 46.7 Å². The summed E-state index contributed by atoms with van der Waals surface area (Å²) in [6.07, 6.45) is -2.37. The van der Waals surface area contributed by atoms with E-state index in [0.29, 0.717) is 29.1 Å². The van der Waals surface area contributed by atoms with Crippen LogP contribution in [-0.2, 0) is 0 Å². The SMILES string of the molecule is CC1C(Oc2ccc(-c3cccc(OC(F)(F)F)c3)nn2)C2CCN1CC2. The molecule has 0 spiro atoms. The molecule has 3 fully saturated rings. The molecule has 3 saturated heterocycles. The van der Waals surface area contributed by atoms with E-state index in [4.69, 9.17) is 4.74 Å². The smallest absolute Gasteiger partial charge is 0.471 e. The monoisotopic (exact) mass is 379 g/mol. The van der Waals surface area contributed by atoms with Crippen LogP contribution in [0.1, 0.15) is 19.8 Å².